The number of piperidine rings is 1. The van der Waals surface area contributed by atoms with Crippen molar-refractivity contribution in [1.82, 2.24) is 4.90 Å². The fraction of sp³-hybridized carbons (Fsp3) is 0.467. The fourth-order valence-electron chi connectivity index (χ4n) is 2.44. The lowest BCUT2D eigenvalue weighted by atomic mass is 10.0. The minimum Gasteiger partial charge on any atom is -0.493 e. The van der Waals surface area contributed by atoms with Gasteiger partial charge in [0, 0.05) is 11.6 Å². The van der Waals surface area contributed by atoms with E-state index in [4.69, 9.17) is 21.4 Å². The summed E-state index contributed by atoms with van der Waals surface area (Å²) in [5.41, 5.74) is 0. The van der Waals surface area contributed by atoms with Gasteiger partial charge < -0.3 is 14.7 Å². The molecule has 0 aromatic heterocycles. The summed E-state index contributed by atoms with van der Waals surface area (Å²) >= 11 is 5.84. The summed E-state index contributed by atoms with van der Waals surface area (Å²) in [6.07, 6.45) is 2.39. The number of carbonyl (C=O) groups is 2. The Kier molecular flexibility index (Phi) is 5.44. The van der Waals surface area contributed by atoms with Crippen LogP contribution in [0.5, 0.6) is 5.75 Å². The molecule has 0 radical (unpaired) electrons. The molecule has 1 aromatic rings. The normalized spacial score (nSPS) is 18.3. The van der Waals surface area contributed by atoms with E-state index < -0.39 is 12.0 Å². The molecule has 1 aliphatic heterocycles. The van der Waals surface area contributed by atoms with Crippen molar-refractivity contribution in [3.05, 3.63) is 29.3 Å². The van der Waals surface area contributed by atoms with Gasteiger partial charge in [0.1, 0.15) is 11.8 Å². The third-order valence-corrected chi connectivity index (χ3v) is 3.72. The molecule has 1 aliphatic rings. The minimum absolute atomic E-state index is 0.163. The summed E-state index contributed by atoms with van der Waals surface area (Å²) in [7, 11) is 0. The number of ether oxygens (including phenoxy) is 1. The van der Waals surface area contributed by atoms with E-state index in [1.165, 1.54) is 4.90 Å². The highest BCUT2D eigenvalue weighted by molar-refractivity contribution is 6.30. The number of nitrogens with zero attached hydrogens (tertiary/aromatic N) is 1. The van der Waals surface area contributed by atoms with Crippen molar-refractivity contribution in [3.8, 4) is 5.75 Å². The molecular weight excluding hydrogens is 294 g/mol. The SMILES string of the molecule is O=C(O)C1CCCCN1C(=O)CCOc1cccc(Cl)c1. The van der Waals surface area contributed by atoms with Gasteiger partial charge in [-0.25, -0.2) is 4.79 Å². The number of rotatable bonds is 5. The number of aliphatic carboxylic acids is 1. The van der Waals surface area contributed by atoms with Crippen molar-refractivity contribution in [2.45, 2.75) is 31.7 Å². The predicted octanol–water partition coefficient (Wildman–Crippen LogP) is 2.57. The van der Waals surface area contributed by atoms with E-state index in [-0.39, 0.29) is 18.9 Å². The van der Waals surface area contributed by atoms with Crippen LogP contribution in [-0.2, 0) is 9.59 Å². The summed E-state index contributed by atoms with van der Waals surface area (Å²) in [5.74, 6) is -0.508. The van der Waals surface area contributed by atoms with Gasteiger partial charge in [0.2, 0.25) is 5.91 Å². The summed E-state index contributed by atoms with van der Waals surface area (Å²) in [5, 5.41) is 9.72. The van der Waals surface area contributed by atoms with Gasteiger partial charge >= 0.3 is 5.97 Å². The van der Waals surface area contributed by atoms with Gasteiger partial charge in [-0.2, -0.15) is 0 Å². The number of carbonyl (C=O) groups excluding carboxylic acids is 1. The first kappa shape index (κ1) is 15.6. The average molecular weight is 312 g/mol. The molecular formula is C15H18ClNO4. The minimum atomic E-state index is -0.932. The van der Waals surface area contributed by atoms with Crippen molar-refractivity contribution < 1.29 is 19.4 Å². The third kappa shape index (κ3) is 4.36. The third-order valence-electron chi connectivity index (χ3n) is 3.49. The zero-order valence-electron chi connectivity index (χ0n) is 11.6. The molecule has 2 rings (SSSR count). The molecule has 1 aromatic carbocycles. The van der Waals surface area contributed by atoms with Crippen molar-refractivity contribution in [2.24, 2.45) is 0 Å². The van der Waals surface area contributed by atoms with Crippen LogP contribution < -0.4 is 4.74 Å². The molecule has 0 saturated carbocycles. The molecule has 1 saturated heterocycles. The topological polar surface area (TPSA) is 66.8 Å². The Hall–Kier alpha value is -1.75. The van der Waals surface area contributed by atoms with E-state index in [9.17, 15) is 9.59 Å². The lowest BCUT2D eigenvalue weighted by Crippen LogP contribution is -2.48. The number of carboxylic acid groups (broad SMARTS) is 1. The molecule has 1 atom stereocenters. The molecule has 1 unspecified atom stereocenters. The fourth-order valence-corrected chi connectivity index (χ4v) is 2.62. The Morgan fingerprint density at radius 3 is 2.90 bits per heavy atom. The largest absolute Gasteiger partial charge is 0.493 e. The van der Waals surface area contributed by atoms with Crippen LogP contribution in [0.2, 0.25) is 5.02 Å². The zero-order valence-corrected chi connectivity index (χ0v) is 12.4. The molecule has 1 amide bonds. The van der Waals surface area contributed by atoms with E-state index in [0.29, 0.717) is 23.7 Å². The maximum Gasteiger partial charge on any atom is 0.326 e. The molecule has 21 heavy (non-hydrogen) atoms. The summed E-state index contributed by atoms with van der Waals surface area (Å²) in [4.78, 5) is 24.7. The van der Waals surface area contributed by atoms with Crippen LogP contribution in [0.4, 0.5) is 0 Å². The second-order valence-corrected chi connectivity index (χ2v) is 5.43. The summed E-state index contributed by atoms with van der Waals surface area (Å²) in [6, 6.07) is 6.25. The average Bonchev–Trinajstić information content (AvgIpc) is 2.47. The van der Waals surface area contributed by atoms with Crippen LogP contribution in [0.1, 0.15) is 25.7 Å². The number of halogens is 1. The Labute approximate surface area is 128 Å². The van der Waals surface area contributed by atoms with Gasteiger partial charge in [0.25, 0.3) is 0 Å². The molecule has 114 valence electrons. The van der Waals surface area contributed by atoms with E-state index in [1.54, 1.807) is 24.3 Å². The van der Waals surface area contributed by atoms with Crippen LogP contribution in [0, 0.1) is 0 Å². The summed E-state index contributed by atoms with van der Waals surface area (Å²) < 4.78 is 5.46. The number of amides is 1. The highest BCUT2D eigenvalue weighted by Gasteiger charge is 2.31. The predicted molar refractivity (Wildman–Crippen MR) is 78.6 cm³/mol. The van der Waals surface area contributed by atoms with Crippen LogP contribution in [-0.4, -0.2) is 41.1 Å². The van der Waals surface area contributed by atoms with Gasteiger partial charge in [0.15, 0.2) is 0 Å². The molecule has 1 fully saturated rings. The van der Waals surface area contributed by atoms with Gasteiger partial charge in [-0.15, -0.1) is 0 Å². The quantitative estimate of drug-likeness (QED) is 0.907. The van der Waals surface area contributed by atoms with Crippen LogP contribution >= 0.6 is 11.6 Å². The Morgan fingerprint density at radius 2 is 2.19 bits per heavy atom. The van der Waals surface area contributed by atoms with Crippen molar-refractivity contribution >= 4 is 23.5 Å². The monoisotopic (exact) mass is 311 g/mol. The van der Waals surface area contributed by atoms with E-state index in [1.807, 2.05) is 0 Å². The van der Waals surface area contributed by atoms with Gasteiger partial charge in [0.05, 0.1) is 13.0 Å². The molecule has 5 nitrogen and oxygen atoms in total. The van der Waals surface area contributed by atoms with Crippen LogP contribution in [0.3, 0.4) is 0 Å². The first-order valence-corrected chi connectivity index (χ1v) is 7.36. The first-order valence-electron chi connectivity index (χ1n) is 6.98. The second kappa shape index (κ2) is 7.31. The highest BCUT2D eigenvalue weighted by Crippen LogP contribution is 2.19. The van der Waals surface area contributed by atoms with E-state index in [0.717, 1.165) is 12.8 Å². The number of likely N-dealkylation sites (tertiary alicyclic amines) is 1. The lowest BCUT2D eigenvalue weighted by Gasteiger charge is -2.33. The summed E-state index contributed by atoms with van der Waals surface area (Å²) in [6.45, 7) is 0.717. The Bertz CT molecular complexity index is 520. The van der Waals surface area contributed by atoms with Crippen molar-refractivity contribution in [3.63, 3.8) is 0 Å². The van der Waals surface area contributed by atoms with Crippen molar-refractivity contribution in [2.75, 3.05) is 13.2 Å². The maximum atomic E-state index is 12.1. The molecule has 0 aliphatic carbocycles. The molecule has 1 N–H and O–H groups in total. The molecule has 6 heteroatoms. The lowest BCUT2D eigenvalue weighted by molar-refractivity contribution is -0.152. The van der Waals surface area contributed by atoms with Gasteiger partial charge in [-0.3, -0.25) is 4.79 Å². The number of hydrogen-bond acceptors (Lipinski definition) is 3. The molecule has 0 bridgehead atoms. The smallest absolute Gasteiger partial charge is 0.326 e. The van der Waals surface area contributed by atoms with E-state index >= 15 is 0 Å². The highest BCUT2D eigenvalue weighted by atomic mass is 35.5. The van der Waals surface area contributed by atoms with Crippen molar-refractivity contribution in [1.29, 1.82) is 0 Å². The van der Waals surface area contributed by atoms with Gasteiger partial charge in [-0.05, 0) is 37.5 Å². The van der Waals surface area contributed by atoms with Crippen LogP contribution in [0.25, 0.3) is 0 Å². The number of carboxylic acids is 1. The Balaban J connectivity index is 1.84. The first-order chi connectivity index (χ1) is 10.1. The zero-order chi connectivity index (χ0) is 15.2. The van der Waals surface area contributed by atoms with E-state index in [2.05, 4.69) is 0 Å². The molecule has 0 spiro atoms. The Morgan fingerprint density at radius 1 is 1.38 bits per heavy atom. The number of hydrogen-bond donors (Lipinski definition) is 1. The number of benzene rings is 1. The van der Waals surface area contributed by atoms with Crippen LogP contribution in [0.15, 0.2) is 24.3 Å². The second-order valence-electron chi connectivity index (χ2n) is 4.99. The standard InChI is InChI=1S/C15H18ClNO4/c16-11-4-3-5-12(10-11)21-9-7-14(18)17-8-2-1-6-13(17)15(19)20/h3-5,10,13H,1-2,6-9H2,(H,19,20). The maximum absolute atomic E-state index is 12.1. The van der Waals surface area contributed by atoms with Gasteiger partial charge in [-0.1, -0.05) is 17.7 Å². The molecule has 1 heterocycles.